The summed E-state index contributed by atoms with van der Waals surface area (Å²) in [6.45, 7) is 2.21. The first-order chi connectivity index (χ1) is 7.29. The lowest BCUT2D eigenvalue weighted by Crippen LogP contribution is -2.25. The molecule has 1 aliphatic rings. The van der Waals surface area contributed by atoms with Crippen LogP contribution in [-0.4, -0.2) is 13.1 Å². The van der Waals surface area contributed by atoms with Crippen molar-refractivity contribution in [1.29, 1.82) is 0 Å². The maximum Gasteiger partial charge on any atom is 0.00698 e. The van der Waals surface area contributed by atoms with E-state index in [0.29, 0.717) is 0 Å². The second kappa shape index (κ2) is 5.13. The predicted molar refractivity (Wildman–Crippen MR) is 67.7 cm³/mol. The van der Waals surface area contributed by atoms with Gasteiger partial charge < -0.3 is 5.32 Å². The van der Waals surface area contributed by atoms with Crippen molar-refractivity contribution in [3.63, 3.8) is 0 Å². The molecule has 2 atom stereocenters. The van der Waals surface area contributed by atoms with Crippen LogP contribution in [0.1, 0.15) is 48.5 Å². The van der Waals surface area contributed by atoms with Gasteiger partial charge in [-0.3, -0.25) is 0 Å². The van der Waals surface area contributed by atoms with Crippen LogP contribution in [0.4, 0.5) is 0 Å². The van der Waals surface area contributed by atoms with E-state index in [4.69, 9.17) is 0 Å². The Bertz CT molecular complexity index is 305. The first kappa shape index (κ1) is 11.2. The minimum absolute atomic E-state index is 0.734. The second-order valence-corrected chi connectivity index (χ2v) is 5.81. The van der Waals surface area contributed by atoms with Crippen LogP contribution in [0, 0.1) is 6.92 Å². The standard InChI is InChI=1S/C13H21NS/c1-10-7-12(9-15-10)11-5-3-4-6-13(8-11)14-2/h7,9,11,13-14H,3-6,8H2,1-2H3. The Morgan fingerprint density at radius 2 is 2.13 bits per heavy atom. The van der Waals surface area contributed by atoms with Gasteiger partial charge in [0, 0.05) is 10.9 Å². The summed E-state index contributed by atoms with van der Waals surface area (Å²) in [6.07, 6.45) is 6.86. The van der Waals surface area contributed by atoms with Gasteiger partial charge in [-0.15, -0.1) is 11.3 Å². The van der Waals surface area contributed by atoms with Gasteiger partial charge >= 0.3 is 0 Å². The third-order valence-corrected chi connectivity index (χ3v) is 4.43. The smallest absolute Gasteiger partial charge is 0.00698 e. The van der Waals surface area contributed by atoms with Crippen LogP contribution in [0.25, 0.3) is 0 Å². The minimum atomic E-state index is 0.734. The first-order valence-electron chi connectivity index (χ1n) is 6.02. The van der Waals surface area contributed by atoms with E-state index in [1.807, 2.05) is 11.3 Å². The highest BCUT2D eigenvalue weighted by molar-refractivity contribution is 7.10. The SMILES string of the molecule is CNC1CCCCC(c2csc(C)c2)C1. The van der Waals surface area contributed by atoms with Crippen molar-refractivity contribution in [3.8, 4) is 0 Å². The zero-order chi connectivity index (χ0) is 10.7. The maximum absolute atomic E-state index is 3.45. The molecule has 0 radical (unpaired) electrons. The number of hydrogen-bond donors (Lipinski definition) is 1. The third kappa shape index (κ3) is 2.82. The molecule has 1 saturated carbocycles. The van der Waals surface area contributed by atoms with Crippen molar-refractivity contribution < 1.29 is 0 Å². The molecule has 1 aromatic heterocycles. The molecule has 1 N–H and O–H groups in total. The molecule has 1 heterocycles. The molecule has 1 fully saturated rings. The number of rotatable bonds is 2. The van der Waals surface area contributed by atoms with Crippen molar-refractivity contribution in [2.45, 2.75) is 51.0 Å². The lowest BCUT2D eigenvalue weighted by molar-refractivity contribution is 0.471. The predicted octanol–water partition coefficient (Wildman–Crippen LogP) is 3.69. The summed E-state index contributed by atoms with van der Waals surface area (Å²) in [6, 6.07) is 3.12. The van der Waals surface area contributed by atoms with Gasteiger partial charge in [-0.1, -0.05) is 12.8 Å². The Balaban J connectivity index is 2.07. The maximum atomic E-state index is 3.45. The summed E-state index contributed by atoms with van der Waals surface area (Å²) in [5.41, 5.74) is 1.58. The monoisotopic (exact) mass is 223 g/mol. The molecule has 2 heteroatoms. The molecule has 1 aromatic rings. The van der Waals surface area contributed by atoms with E-state index < -0.39 is 0 Å². The van der Waals surface area contributed by atoms with Gasteiger partial charge in [0.15, 0.2) is 0 Å². The average Bonchev–Trinajstić information content (AvgIpc) is 2.54. The highest BCUT2D eigenvalue weighted by atomic mass is 32.1. The van der Waals surface area contributed by atoms with E-state index in [0.717, 1.165) is 12.0 Å². The Hall–Kier alpha value is -0.340. The van der Waals surface area contributed by atoms with Gasteiger partial charge in [-0.25, -0.2) is 0 Å². The molecule has 2 unspecified atom stereocenters. The molecule has 84 valence electrons. The van der Waals surface area contributed by atoms with E-state index in [9.17, 15) is 0 Å². The minimum Gasteiger partial charge on any atom is -0.317 e. The van der Waals surface area contributed by atoms with Crippen molar-refractivity contribution in [1.82, 2.24) is 5.32 Å². The van der Waals surface area contributed by atoms with Crippen LogP contribution in [0.5, 0.6) is 0 Å². The molecule has 1 aliphatic carbocycles. The summed E-state index contributed by atoms with van der Waals surface area (Å²) in [5, 5.41) is 5.81. The lowest BCUT2D eigenvalue weighted by Gasteiger charge is -2.18. The van der Waals surface area contributed by atoms with Crippen LogP contribution in [0.15, 0.2) is 11.4 Å². The van der Waals surface area contributed by atoms with Gasteiger partial charge in [0.1, 0.15) is 0 Å². The molecule has 1 nitrogen and oxygen atoms in total. The van der Waals surface area contributed by atoms with E-state index in [-0.39, 0.29) is 0 Å². The van der Waals surface area contributed by atoms with E-state index >= 15 is 0 Å². The van der Waals surface area contributed by atoms with E-state index in [1.165, 1.54) is 37.0 Å². The molecule has 2 rings (SSSR count). The third-order valence-electron chi connectivity index (χ3n) is 3.55. The molecule has 0 bridgehead atoms. The molecule has 15 heavy (non-hydrogen) atoms. The zero-order valence-electron chi connectivity index (χ0n) is 9.75. The molecule has 0 saturated heterocycles. The van der Waals surface area contributed by atoms with Crippen molar-refractivity contribution in [2.75, 3.05) is 7.05 Å². The molecule has 0 spiro atoms. The number of nitrogens with one attached hydrogen (secondary N) is 1. The summed E-state index contributed by atoms with van der Waals surface area (Å²) < 4.78 is 0. The number of hydrogen-bond acceptors (Lipinski definition) is 2. The highest BCUT2D eigenvalue weighted by Gasteiger charge is 2.20. The molecule has 0 aromatic carbocycles. The van der Waals surface area contributed by atoms with E-state index in [2.05, 4.69) is 30.7 Å². The highest BCUT2D eigenvalue weighted by Crippen LogP contribution is 2.33. The summed E-state index contributed by atoms with van der Waals surface area (Å²) >= 11 is 1.89. The number of thiophene rings is 1. The van der Waals surface area contributed by atoms with Crippen LogP contribution in [0.3, 0.4) is 0 Å². The Kier molecular flexibility index (Phi) is 3.81. The Labute approximate surface area is 96.9 Å². The largest absolute Gasteiger partial charge is 0.317 e. The van der Waals surface area contributed by atoms with E-state index in [1.54, 1.807) is 5.56 Å². The first-order valence-corrected chi connectivity index (χ1v) is 6.90. The molecular weight excluding hydrogens is 202 g/mol. The van der Waals surface area contributed by atoms with Gasteiger partial charge in [-0.2, -0.15) is 0 Å². The molecular formula is C13H21NS. The summed E-state index contributed by atoms with van der Waals surface area (Å²) in [5.74, 6) is 0.801. The van der Waals surface area contributed by atoms with Crippen LogP contribution in [-0.2, 0) is 0 Å². The topological polar surface area (TPSA) is 12.0 Å². The van der Waals surface area contributed by atoms with Crippen LogP contribution in [0.2, 0.25) is 0 Å². The summed E-state index contributed by atoms with van der Waals surface area (Å²) in [4.78, 5) is 1.45. The normalized spacial score (nSPS) is 27.6. The Morgan fingerprint density at radius 1 is 1.33 bits per heavy atom. The number of aryl methyl sites for hydroxylation is 1. The quantitative estimate of drug-likeness (QED) is 0.754. The average molecular weight is 223 g/mol. The fourth-order valence-corrected chi connectivity index (χ4v) is 3.39. The fraction of sp³-hybridized carbons (Fsp3) is 0.692. The van der Waals surface area contributed by atoms with Gasteiger partial charge in [-0.05, 0) is 56.2 Å². The van der Waals surface area contributed by atoms with Crippen LogP contribution >= 0.6 is 11.3 Å². The van der Waals surface area contributed by atoms with Crippen molar-refractivity contribution in [2.24, 2.45) is 0 Å². The van der Waals surface area contributed by atoms with Crippen molar-refractivity contribution in [3.05, 3.63) is 21.9 Å². The van der Waals surface area contributed by atoms with Gasteiger partial charge in [0.25, 0.3) is 0 Å². The lowest BCUT2D eigenvalue weighted by atomic mass is 9.92. The molecule has 0 amide bonds. The van der Waals surface area contributed by atoms with Crippen LogP contribution < -0.4 is 5.32 Å². The van der Waals surface area contributed by atoms with Gasteiger partial charge in [0.05, 0.1) is 0 Å². The zero-order valence-corrected chi connectivity index (χ0v) is 10.6. The molecule has 0 aliphatic heterocycles. The second-order valence-electron chi connectivity index (χ2n) is 4.69. The Morgan fingerprint density at radius 3 is 2.80 bits per heavy atom. The summed E-state index contributed by atoms with van der Waals surface area (Å²) in [7, 11) is 2.10. The van der Waals surface area contributed by atoms with Crippen molar-refractivity contribution >= 4 is 11.3 Å². The fourth-order valence-electron chi connectivity index (χ4n) is 2.60. The van der Waals surface area contributed by atoms with Gasteiger partial charge in [0.2, 0.25) is 0 Å².